The van der Waals surface area contributed by atoms with E-state index < -0.39 is 35.6 Å². The number of aliphatic carboxylic acids is 1. The zero-order chi connectivity index (χ0) is 29.9. The molecule has 3 aliphatic rings. The zero-order valence-electron chi connectivity index (χ0n) is 25.4. The van der Waals surface area contributed by atoms with Gasteiger partial charge in [-0.2, -0.15) is 0 Å². The van der Waals surface area contributed by atoms with Crippen LogP contribution < -0.4 is 5.32 Å². The van der Waals surface area contributed by atoms with Gasteiger partial charge in [-0.3, -0.25) is 24.2 Å². The van der Waals surface area contributed by atoms with E-state index in [1.807, 2.05) is 41.7 Å². The Bertz CT molecular complexity index is 936. The average molecular weight is 566 g/mol. The van der Waals surface area contributed by atoms with Crippen LogP contribution in [-0.4, -0.2) is 130 Å². The van der Waals surface area contributed by atoms with E-state index in [-0.39, 0.29) is 48.7 Å². The van der Waals surface area contributed by atoms with E-state index in [4.69, 9.17) is 0 Å². The van der Waals surface area contributed by atoms with E-state index in [0.29, 0.717) is 19.5 Å². The molecule has 4 unspecified atom stereocenters. The molecule has 3 heterocycles. The fourth-order valence-corrected chi connectivity index (χ4v) is 6.49. The van der Waals surface area contributed by atoms with Crippen molar-refractivity contribution in [2.75, 3.05) is 40.3 Å². The molecule has 3 N–H and O–H groups in total. The molecule has 3 rings (SSSR count). The lowest BCUT2D eigenvalue weighted by Crippen LogP contribution is -2.61. The van der Waals surface area contributed by atoms with Gasteiger partial charge < -0.3 is 25.3 Å². The third-order valence-corrected chi connectivity index (χ3v) is 9.00. The Kier molecular flexibility index (Phi) is 10.6. The number of carboxylic acids is 1. The number of piperidine rings is 1. The molecule has 0 radical (unpaired) electrons. The van der Waals surface area contributed by atoms with Gasteiger partial charge in [0.15, 0.2) is 0 Å². The molecule has 0 bridgehead atoms. The van der Waals surface area contributed by atoms with Gasteiger partial charge in [0.05, 0.1) is 18.2 Å². The van der Waals surface area contributed by atoms with Crippen molar-refractivity contribution in [3.8, 4) is 0 Å². The number of nitrogens with zero attached hydrogens (tertiary/aromatic N) is 4. The van der Waals surface area contributed by atoms with Gasteiger partial charge >= 0.3 is 5.97 Å². The Morgan fingerprint density at radius 1 is 1.00 bits per heavy atom. The van der Waals surface area contributed by atoms with Crippen molar-refractivity contribution in [3.63, 3.8) is 0 Å². The summed E-state index contributed by atoms with van der Waals surface area (Å²) in [5.41, 5.74) is -0.510. The van der Waals surface area contributed by atoms with Crippen LogP contribution in [0, 0.1) is 11.3 Å². The average Bonchev–Trinajstić information content (AvgIpc) is 3.50. The number of likely N-dealkylation sites (tertiary alicyclic amines) is 3. The molecular weight excluding hydrogens is 514 g/mol. The van der Waals surface area contributed by atoms with Gasteiger partial charge in [-0.05, 0) is 57.2 Å². The van der Waals surface area contributed by atoms with Gasteiger partial charge in [-0.1, -0.05) is 41.0 Å². The minimum Gasteiger partial charge on any atom is -0.480 e. The maximum atomic E-state index is 14.0. The van der Waals surface area contributed by atoms with Gasteiger partial charge in [0.1, 0.15) is 12.1 Å². The Morgan fingerprint density at radius 2 is 1.65 bits per heavy atom. The summed E-state index contributed by atoms with van der Waals surface area (Å²) in [7, 11) is 3.72. The minimum absolute atomic E-state index is 0.0231. The van der Waals surface area contributed by atoms with E-state index in [0.717, 1.165) is 32.2 Å². The van der Waals surface area contributed by atoms with E-state index in [1.165, 1.54) is 4.90 Å². The van der Waals surface area contributed by atoms with Crippen LogP contribution >= 0.6 is 0 Å². The van der Waals surface area contributed by atoms with Crippen LogP contribution in [0.2, 0.25) is 0 Å². The highest BCUT2D eigenvalue weighted by Crippen LogP contribution is 2.28. The summed E-state index contributed by atoms with van der Waals surface area (Å²) in [6, 6.07) is -2.68. The number of hydrogen-bond acceptors (Lipinski definition) is 7. The fourth-order valence-electron chi connectivity index (χ4n) is 6.49. The quantitative estimate of drug-likeness (QED) is 0.377. The standard InChI is InChI=1S/C29H51N5O6/c1-18(2)23(17-33-14-10-12-21(33)26(37)34-16-19(35)15-22(34)28(39)40)32(7)27(38)24(29(3,4)5)30-25(36)20-11-8-9-13-31(20)6/h18-24,35H,8-17H2,1-7H3,(H,30,36)(H,39,40)/t19-,20?,21+,22?,23?,24?/m1/s1. The molecule has 228 valence electrons. The van der Waals surface area contributed by atoms with Crippen LogP contribution in [0.4, 0.5) is 0 Å². The van der Waals surface area contributed by atoms with Crippen LogP contribution in [0.25, 0.3) is 0 Å². The van der Waals surface area contributed by atoms with E-state index in [2.05, 4.69) is 15.1 Å². The predicted octanol–water partition coefficient (Wildman–Crippen LogP) is 0.995. The monoisotopic (exact) mass is 565 g/mol. The lowest BCUT2D eigenvalue weighted by atomic mass is 9.84. The molecule has 0 aromatic rings. The molecule has 11 heteroatoms. The molecule has 3 aliphatic heterocycles. The molecule has 40 heavy (non-hydrogen) atoms. The second-order valence-electron chi connectivity index (χ2n) is 13.4. The van der Waals surface area contributed by atoms with Crippen molar-refractivity contribution < 1.29 is 29.4 Å². The number of carboxylic acid groups (broad SMARTS) is 1. The highest BCUT2D eigenvalue weighted by Gasteiger charge is 2.45. The topological polar surface area (TPSA) is 134 Å². The molecule has 11 nitrogen and oxygen atoms in total. The van der Waals surface area contributed by atoms with E-state index in [1.54, 1.807) is 11.9 Å². The molecule has 0 aromatic carbocycles. The third kappa shape index (κ3) is 7.33. The summed E-state index contributed by atoms with van der Waals surface area (Å²) in [4.78, 5) is 59.7. The van der Waals surface area contributed by atoms with Crippen LogP contribution in [0.3, 0.4) is 0 Å². The third-order valence-electron chi connectivity index (χ3n) is 9.00. The number of carbonyl (C=O) groups excluding carboxylic acids is 3. The Balaban J connectivity index is 1.75. The number of likely N-dealkylation sites (N-methyl/N-ethyl adjacent to an activating group) is 2. The van der Waals surface area contributed by atoms with E-state index in [9.17, 15) is 29.4 Å². The first-order chi connectivity index (χ1) is 18.6. The number of aliphatic hydroxyl groups excluding tert-OH is 1. The number of aliphatic hydroxyl groups is 1. The summed E-state index contributed by atoms with van der Waals surface area (Å²) >= 11 is 0. The van der Waals surface area contributed by atoms with Gasteiger partial charge in [0.2, 0.25) is 17.7 Å². The van der Waals surface area contributed by atoms with Crippen molar-refractivity contribution in [1.29, 1.82) is 0 Å². The second-order valence-corrected chi connectivity index (χ2v) is 13.4. The second kappa shape index (κ2) is 13.2. The largest absolute Gasteiger partial charge is 0.480 e. The lowest BCUT2D eigenvalue weighted by molar-refractivity contribution is -0.150. The molecular formula is C29H51N5O6. The first-order valence-corrected chi connectivity index (χ1v) is 14.9. The molecule has 3 fully saturated rings. The van der Waals surface area contributed by atoms with Crippen molar-refractivity contribution in [2.24, 2.45) is 11.3 Å². The van der Waals surface area contributed by atoms with Crippen LogP contribution in [0.15, 0.2) is 0 Å². The maximum Gasteiger partial charge on any atom is 0.326 e. The predicted molar refractivity (Wildman–Crippen MR) is 151 cm³/mol. The van der Waals surface area contributed by atoms with Gasteiger partial charge in [-0.15, -0.1) is 0 Å². The fraction of sp³-hybridized carbons (Fsp3) is 0.862. The summed E-state index contributed by atoms with van der Waals surface area (Å²) in [6.45, 7) is 12.0. The lowest BCUT2D eigenvalue weighted by Gasteiger charge is -2.41. The van der Waals surface area contributed by atoms with Crippen LogP contribution in [0.1, 0.15) is 73.1 Å². The maximum absolute atomic E-state index is 14.0. The summed E-state index contributed by atoms with van der Waals surface area (Å²) in [5, 5.41) is 22.7. The van der Waals surface area contributed by atoms with Gasteiger partial charge in [0, 0.05) is 32.6 Å². The summed E-state index contributed by atoms with van der Waals surface area (Å²) < 4.78 is 0. The summed E-state index contributed by atoms with van der Waals surface area (Å²) in [5.74, 6) is -1.57. The number of amides is 3. The summed E-state index contributed by atoms with van der Waals surface area (Å²) in [6.07, 6.45) is 3.43. The molecule has 3 saturated heterocycles. The van der Waals surface area contributed by atoms with Gasteiger partial charge in [-0.25, -0.2) is 4.79 Å². The number of rotatable bonds is 9. The number of nitrogens with one attached hydrogen (secondary N) is 1. The van der Waals surface area contributed by atoms with Crippen molar-refractivity contribution in [2.45, 2.75) is 109 Å². The highest BCUT2D eigenvalue weighted by molar-refractivity contribution is 5.90. The molecule has 0 spiro atoms. The zero-order valence-corrected chi connectivity index (χ0v) is 25.4. The minimum atomic E-state index is -1.10. The molecule has 0 saturated carbocycles. The normalized spacial score (nSPS) is 28.0. The Hall–Kier alpha value is -2.24. The smallest absolute Gasteiger partial charge is 0.326 e. The molecule has 3 amide bonds. The van der Waals surface area contributed by atoms with E-state index >= 15 is 0 Å². The van der Waals surface area contributed by atoms with Crippen LogP contribution in [0.5, 0.6) is 0 Å². The van der Waals surface area contributed by atoms with Crippen molar-refractivity contribution >= 4 is 23.7 Å². The van der Waals surface area contributed by atoms with Crippen molar-refractivity contribution in [3.05, 3.63) is 0 Å². The number of β-amino-alcohol motifs (C(OH)–C–C–N with tert-alkyl or cyclic N) is 1. The number of carbonyl (C=O) groups is 4. The van der Waals surface area contributed by atoms with Crippen molar-refractivity contribution in [1.82, 2.24) is 24.9 Å². The molecule has 6 atom stereocenters. The van der Waals surface area contributed by atoms with Gasteiger partial charge in [0.25, 0.3) is 0 Å². The molecule has 0 aliphatic carbocycles. The van der Waals surface area contributed by atoms with Crippen LogP contribution in [-0.2, 0) is 19.2 Å². The SMILES string of the molecule is CC(C)C(CN1CCC[C@H]1C(=O)N1C[C@H](O)CC1C(=O)O)N(C)C(=O)C(NC(=O)C1CCCCN1C)C(C)(C)C. The highest BCUT2D eigenvalue weighted by atomic mass is 16.4. The molecule has 0 aromatic heterocycles. The Morgan fingerprint density at radius 3 is 2.23 bits per heavy atom. The number of hydrogen-bond donors (Lipinski definition) is 3. The Labute approximate surface area is 239 Å². The first kappa shape index (κ1) is 32.3. The first-order valence-electron chi connectivity index (χ1n) is 14.9.